The first-order valence-electron chi connectivity index (χ1n) is 3.62. The van der Waals surface area contributed by atoms with E-state index < -0.39 is 6.09 Å². The second-order valence-corrected chi connectivity index (χ2v) is 3.32. The molecule has 1 atom stereocenters. The van der Waals surface area contributed by atoms with Crippen molar-refractivity contribution >= 4 is 6.09 Å². The fraction of sp³-hybridized carbons (Fsp3) is 0.857. The zero-order valence-corrected chi connectivity index (χ0v) is 6.76. The molecular formula is C7H13NO3. The van der Waals surface area contributed by atoms with E-state index in [1.165, 1.54) is 0 Å². The lowest BCUT2D eigenvalue weighted by atomic mass is 9.81. The van der Waals surface area contributed by atoms with Gasteiger partial charge in [-0.3, -0.25) is 0 Å². The minimum atomic E-state index is -0.967. The Labute approximate surface area is 65.5 Å². The standard InChI is InChI=1S/C7H13NO3/c1-5(8-6(9)10)7(2)3-11-4-7/h5,8H,3-4H2,1-2H3,(H,9,10)/t5-/m0/s1. The van der Waals surface area contributed by atoms with Gasteiger partial charge in [0.1, 0.15) is 0 Å². The Morgan fingerprint density at radius 1 is 1.73 bits per heavy atom. The molecule has 0 aromatic heterocycles. The molecule has 0 radical (unpaired) electrons. The van der Waals surface area contributed by atoms with Crippen LogP contribution >= 0.6 is 0 Å². The van der Waals surface area contributed by atoms with Gasteiger partial charge in [0, 0.05) is 11.5 Å². The molecule has 11 heavy (non-hydrogen) atoms. The van der Waals surface area contributed by atoms with Crippen LogP contribution in [0, 0.1) is 5.41 Å². The largest absolute Gasteiger partial charge is 0.465 e. The maximum absolute atomic E-state index is 10.2. The van der Waals surface area contributed by atoms with Crippen LogP contribution in [0.1, 0.15) is 13.8 Å². The van der Waals surface area contributed by atoms with Crippen molar-refractivity contribution < 1.29 is 14.6 Å². The van der Waals surface area contributed by atoms with Gasteiger partial charge in [0.15, 0.2) is 0 Å². The van der Waals surface area contributed by atoms with E-state index in [1.807, 2.05) is 13.8 Å². The molecule has 1 fully saturated rings. The number of rotatable bonds is 2. The minimum Gasteiger partial charge on any atom is -0.465 e. The monoisotopic (exact) mass is 159 g/mol. The fourth-order valence-electron chi connectivity index (χ4n) is 1.03. The van der Waals surface area contributed by atoms with Crippen LogP contribution in [0.3, 0.4) is 0 Å². The highest BCUT2D eigenvalue weighted by Gasteiger charge is 2.39. The number of carboxylic acid groups (broad SMARTS) is 1. The van der Waals surface area contributed by atoms with E-state index in [2.05, 4.69) is 5.32 Å². The Hall–Kier alpha value is -0.770. The molecule has 1 heterocycles. The molecule has 4 heteroatoms. The predicted octanol–water partition coefficient (Wildman–Crippen LogP) is 0.679. The first-order chi connectivity index (χ1) is 5.04. The first kappa shape index (κ1) is 8.33. The maximum atomic E-state index is 10.2. The van der Waals surface area contributed by atoms with E-state index in [-0.39, 0.29) is 11.5 Å². The third-order valence-corrected chi connectivity index (χ3v) is 2.25. The molecule has 1 amide bonds. The van der Waals surface area contributed by atoms with Crippen LogP contribution in [0.5, 0.6) is 0 Å². The molecule has 64 valence electrons. The summed E-state index contributed by atoms with van der Waals surface area (Å²) in [5.41, 5.74) is -0.00160. The molecular weight excluding hydrogens is 146 g/mol. The molecule has 0 aromatic rings. The number of hydrogen-bond donors (Lipinski definition) is 2. The summed E-state index contributed by atoms with van der Waals surface area (Å²) in [6.07, 6.45) is -0.967. The Balaban J connectivity index is 2.40. The highest BCUT2D eigenvalue weighted by Crippen LogP contribution is 2.30. The van der Waals surface area contributed by atoms with Gasteiger partial charge in [-0.25, -0.2) is 4.79 Å². The highest BCUT2D eigenvalue weighted by atomic mass is 16.5. The third-order valence-electron chi connectivity index (χ3n) is 2.25. The topological polar surface area (TPSA) is 58.6 Å². The summed E-state index contributed by atoms with van der Waals surface area (Å²) in [5, 5.41) is 10.8. The van der Waals surface area contributed by atoms with Gasteiger partial charge in [-0.15, -0.1) is 0 Å². The number of ether oxygens (including phenoxy) is 1. The van der Waals surface area contributed by atoms with Gasteiger partial charge in [0.25, 0.3) is 0 Å². The summed E-state index contributed by atoms with van der Waals surface area (Å²) >= 11 is 0. The molecule has 0 bridgehead atoms. The SMILES string of the molecule is C[C@H](NC(=O)O)C1(C)COC1. The lowest BCUT2D eigenvalue weighted by Crippen LogP contribution is -2.54. The zero-order chi connectivity index (χ0) is 8.48. The molecule has 1 aliphatic rings. The minimum absolute atomic E-state index is 0.00160. The normalized spacial score (nSPS) is 23.5. The number of hydrogen-bond acceptors (Lipinski definition) is 2. The van der Waals surface area contributed by atoms with Crippen molar-refractivity contribution in [2.45, 2.75) is 19.9 Å². The maximum Gasteiger partial charge on any atom is 0.404 e. The van der Waals surface area contributed by atoms with Crippen LogP contribution in [-0.4, -0.2) is 30.5 Å². The summed E-state index contributed by atoms with van der Waals surface area (Å²) in [7, 11) is 0. The van der Waals surface area contributed by atoms with E-state index >= 15 is 0 Å². The molecule has 2 N–H and O–H groups in total. The van der Waals surface area contributed by atoms with Gasteiger partial charge in [0.2, 0.25) is 0 Å². The number of amides is 1. The van der Waals surface area contributed by atoms with E-state index in [1.54, 1.807) is 0 Å². The number of carbonyl (C=O) groups is 1. The van der Waals surface area contributed by atoms with Crippen LogP contribution in [-0.2, 0) is 4.74 Å². The van der Waals surface area contributed by atoms with Crippen molar-refractivity contribution in [2.24, 2.45) is 5.41 Å². The van der Waals surface area contributed by atoms with Crippen molar-refractivity contribution in [1.82, 2.24) is 5.32 Å². The summed E-state index contributed by atoms with van der Waals surface area (Å²) in [6.45, 7) is 5.16. The molecule has 4 nitrogen and oxygen atoms in total. The zero-order valence-electron chi connectivity index (χ0n) is 6.76. The fourth-order valence-corrected chi connectivity index (χ4v) is 1.03. The van der Waals surface area contributed by atoms with Crippen molar-refractivity contribution in [2.75, 3.05) is 13.2 Å². The third kappa shape index (κ3) is 1.63. The van der Waals surface area contributed by atoms with Crippen LogP contribution in [0.25, 0.3) is 0 Å². The molecule has 0 saturated carbocycles. The van der Waals surface area contributed by atoms with Gasteiger partial charge in [-0.05, 0) is 6.92 Å². The van der Waals surface area contributed by atoms with Crippen LogP contribution in [0.2, 0.25) is 0 Å². The van der Waals surface area contributed by atoms with Crippen LogP contribution in [0.15, 0.2) is 0 Å². The summed E-state index contributed by atoms with van der Waals surface area (Å²) < 4.78 is 5.01. The van der Waals surface area contributed by atoms with Crippen molar-refractivity contribution in [3.05, 3.63) is 0 Å². The smallest absolute Gasteiger partial charge is 0.404 e. The van der Waals surface area contributed by atoms with E-state index in [0.717, 1.165) is 0 Å². The second-order valence-electron chi connectivity index (χ2n) is 3.32. The Morgan fingerprint density at radius 3 is 2.55 bits per heavy atom. The van der Waals surface area contributed by atoms with E-state index in [4.69, 9.17) is 9.84 Å². The Bertz CT molecular complexity index is 165. The van der Waals surface area contributed by atoms with Gasteiger partial charge < -0.3 is 15.2 Å². The Kier molecular flexibility index (Phi) is 2.04. The summed E-state index contributed by atoms with van der Waals surface area (Å²) in [5.74, 6) is 0. The Morgan fingerprint density at radius 2 is 2.27 bits per heavy atom. The van der Waals surface area contributed by atoms with Crippen molar-refractivity contribution in [3.8, 4) is 0 Å². The van der Waals surface area contributed by atoms with Crippen molar-refractivity contribution in [3.63, 3.8) is 0 Å². The van der Waals surface area contributed by atoms with Gasteiger partial charge >= 0.3 is 6.09 Å². The molecule has 1 aliphatic heterocycles. The lowest BCUT2D eigenvalue weighted by molar-refractivity contribution is -0.116. The second kappa shape index (κ2) is 2.70. The van der Waals surface area contributed by atoms with Gasteiger partial charge in [0.05, 0.1) is 13.2 Å². The van der Waals surface area contributed by atoms with Gasteiger partial charge in [-0.2, -0.15) is 0 Å². The van der Waals surface area contributed by atoms with E-state index in [9.17, 15) is 4.79 Å². The lowest BCUT2D eigenvalue weighted by Gasteiger charge is -2.42. The number of nitrogens with one attached hydrogen (secondary N) is 1. The van der Waals surface area contributed by atoms with Gasteiger partial charge in [-0.1, -0.05) is 6.92 Å². The van der Waals surface area contributed by atoms with E-state index in [0.29, 0.717) is 13.2 Å². The van der Waals surface area contributed by atoms with Crippen LogP contribution < -0.4 is 5.32 Å². The predicted molar refractivity (Wildman–Crippen MR) is 39.5 cm³/mol. The molecule has 0 unspecified atom stereocenters. The molecule has 0 aromatic carbocycles. The average Bonchev–Trinajstić information content (AvgIpc) is 1.81. The first-order valence-corrected chi connectivity index (χ1v) is 3.62. The molecule has 0 aliphatic carbocycles. The summed E-state index contributed by atoms with van der Waals surface area (Å²) in [6, 6.07) is -0.0336. The summed E-state index contributed by atoms with van der Waals surface area (Å²) in [4.78, 5) is 10.2. The average molecular weight is 159 g/mol. The molecule has 0 spiro atoms. The van der Waals surface area contributed by atoms with Crippen molar-refractivity contribution in [1.29, 1.82) is 0 Å². The molecule has 1 saturated heterocycles. The molecule has 1 rings (SSSR count). The van der Waals surface area contributed by atoms with Crippen LogP contribution in [0.4, 0.5) is 4.79 Å². The quantitative estimate of drug-likeness (QED) is 0.622. The highest BCUT2D eigenvalue weighted by molar-refractivity contribution is 5.64.